The number of rotatable bonds is 7. The van der Waals surface area contributed by atoms with Crippen molar-refractivity contribution in [2.75, 3.05) is 18.1 Å². The Morgan fingerprint density at radius 3 is 2.82 bits per heavy atom. The van der Waals surface area contributed by atoms with Gasteiger partial charge in [0.1, 0.15) is 0 Å². The number of hydrogen-bond donors (Lipinski definition) is 1. The Hall–Kier alpha value is -0.740. The molecule has 1 aromatic carbocycles. The molecule has 0 unspecified atom stereocenters. The lowest BCUT2D eigenvalue weighted by atomic mass is 10.1. The third kappa shape index (κ3) is 4.96. The first-order valence-corrected chi connectivity index (χ1v) is 6.98. The topological polar surface area (TPSA) is 29.5 Å². The van der Waals surface area contributed by atoms with E-state index in [1.54, 1.807) is 19.1 Å². The smallest absolute Gasteiger partial charge is 0.165 e. The third-order valence-electron chi connectivity index (χ3n) is 2.33. The number of thioether (sulfide) groups is 1. The zero-order valence-electron chi connectivity index (χ0n) is 10.3. The lowest BCUT2D eigenvalue weighted by Crippen LogP contribution is -2.01. The van der Waals surface area contributed by atoms with Crippen LogP contribution < -0.4 is 4.74 Å². The molecule has 0 amide bonds. The summed E-state index contributed by atoms with van der Waals surface area (Å²) in [5.74, 6) is 1.98. The zero-order chi connectivity index (χ0) is 12.7. The third-order valence-corrected chi connectivity index (χ3v) is 3.32. The van der Waals surface area contributed by atoms with Gasteiger partial charge in [-0.05, 0) is 42.5 Å². The maximum absolute atomic E-state index is 13.5. The fourth-order valence-electron chi connectivity index (χ4n) is 1.38. The van der Waals surface area contributed by atoms with Crippen LogP contribution in [0.2, 0.25) is 0 Å². The molecule has 0 saturated heterocycles. The zero-order valence-corrected chi connectivity index (χ0v) is 11.1. The van der Waals surface area contributed by atoms with Crippen LogP contribution in [-0.4, -0.2) is 23.2 Å². The number of hydrogen-bond acceptors (Lipinski definition) is 3. The minimum atomic E-state index is -0.653. The molecule has 0 aliphatic carbocycles. The van der Waals surface area contributed by atoms with Crippen LogP contribution in [0.1, 0.15) is 31.9 Å². The molecule has 1 N–H and O–H groups in total. The van der Waals surface area contributed by atoms with E-state index in [4.69, 9.17) is 4.74 Å². The SMILES string of the molecule is CCSCCCOc1ccc([C@@H](C)O)cc1F. The fraction of sp³-hybridized carbons (Fsp3) is 0.538. The van der Waals surface area contributed by atoms with Gasteiger partial charge in [0.05, 0.1) is 12.7 Å². The molecule has 0 saturated carbocycles. The average molecular weight is 258 g/mol. The van der Waals surface area contributed by atoms with Crippen molar-refractivity contribution >= 4 is 11.8 Å². The van der Waals surface area contributed by atoms with Crippen LogP contribution in [-0.2, 0) is 0 Å². The molecule has 4 heteroatoms. The van der Waals surface area contributed by atoms with Gasteiger partial charge in [-0.3, -0.25) is 0 Å². The summed E-state index contributed by atoms with van der Waals surface area (Å²) >= 11 is 1.85. The summed E-state index contributed by atoms with van der Waals surface area (Å²) in [4.78, 5) is 0. The van der Waals surface area contributed by atoms with Crippen molar-refractivity contribution in [3.63, 3.8) is 0 Å². The Morgan fingerprint density at radius 1 is 1.47 bits per heavy atom. The average Bonchev–Trinajstić information content (AvgIpc) is 2.30. The molecule has 1 rings (SSSR count). The van der Waals surface area contributed by atoms with Gasteiger partial charge in [-0.1, -0.05) is 13.0 Å². The second kappa shape index (κ2) is 7.56. The molecule has 0 radical (unpaired) electrons. The highest BCUT2D eigenvalue weighted by atomic mass is 32.2. The van der Waals surface area contributed by atoms with Crippen molar-refractivity contribution in [1.82, 2.24) is 0 Å². The van der Waals surface area contributed by atoms with Gasteiger partial charge in [-0.25, -0.2) is 4.39 Å². The molecule has 96 valence electrons. The molecule has 0 aromatic heterocycles. The van der Waals surface area contributed by atoms with E-state index >= 15 is 0 Å². The van der Waals surface area contributed by atoms with Crippen LogP contribution in [0.3, 0.4) is 0 Å². The molecule has 0 aliphatic heterocycles. The summed E-state index contributed by atoms with van der Waals surface area (Å²) in [6, 6.07) is 4.58. The van der Waals surface area contributed by atoms with Gasteiger partial charge in [-0.15, -0.1) is 0 Å². The molecule has 1 atom stereocenters. The lowest BCUT2D eigenvalue weighted by molar-refractivity contribution is 0.198. The van der Waals surface area contributed by atoms with Crippen molar-refractivity contribution in [3.8, 4) is 5.75 Å². The molecule has 0 heterocycles. The predicted molar refractivity (Wildman–Crippen MR) is 70.1 cm³/mol. The lowest BCUT2D eigenvalue weighted by Gasteiger charge is -2.09. The van der Waals surface area contributed by atoms with Crippen LogP contribution in [0.15, 0.2) is 18.2 Å². The van der Waals surface area contributed by atoms with E-state index in [9.17, 15) is 9.50 Å². The maximum atomic E-state index is 13.5. The van der Waals surface area contributed by atoms with E-state index < -0.39 is 11.9 Å². The standard InChI is InChI=1S/C13H19FO2S/c1-3-17-8-4-7-16-13-6-5-11(10(2)15)9-12(13)14/h5-6,9-10,15H,3-4,7-8H2,1-2H3/t10-/m1/s1. The Kier molecular flexibility index (Phi) is 6.37. The van der Waals surface area contributed by atoms with Crippen molar-refractivity contribution in [3.05, 3.63) is 29.6 Å². The van der Waals surface area contributed by atoms with E-state index in [0.717, 1.165) is 17.9 Å². The van der Waals surface area contributed by atoms with Gasteiger partial charge in [0.15, 0.2) is 11.6 Å². The van der Waals surface area contributed by atoms with Crippen LogP contribution in [0, 0.1) is 5.82 Å². The summed E-state index contributed by atoms with van der Waals surface area (Å²) in [7, 11) is 0. The summed E-state index contributed by atoms with van der Waals surface area (Å²) in [6.07, 6.45) is 0.260. The van der Waals surface area contributed by atoms with Crippen LogP contribution in [0.25, 0.3) is 0 Å². The van der Waals surface area contributed by atoms with Gasteiger partial charge in [0, 0.05) is 0 Å². The second-order valence-corrected chi connectivity index (χ2v) is 5.16. The van der Waals surface area contributed by atoms with Crippen LogP contribution in [0.4, 0.5) is 4.39 Å². The first-order valence-electron chi connectivity index (χ1n) is 5.83. The molecule has 0 fully saturated rings. The molecule has 1 aromatic rings. The minimum Gasteiger partial charge on any atom is -0.490 e. The van der Waals surface area contributed by atoms with Crippen molar-refractivity contribution in [2.45, 2.75) is 26.4 Å². The predicted octanol–water partition coefficient (Wildman–Crippen LogP) is 3.40. The Morgan fingerprint density at radius 2 is 2.24 bits per heavy atom. The van der Waals surface area contributed by atoms with Crippen molar-refractivity contribution in [2.24, 2.45) is 0 Å². The quantitative estimate of drug-likeness (QED) is 0.760. The molecular weight excluding hydrogens is 239 g/mol. The Balaban J connectivity index is 2.43. The van der Waals surface area contributed by atoms with Crippen LogP contribution in [0.5, 0.6) is 5.75 Å². The number of ether oxygens (including phenoxy) is 1. The largest absolute Gasteiger partial charge is 0.490 e. The number of benzene rings is 1. The van der Waals surface area contributed by atoms with Gasteiger partial charge in [0.25, 0.3) is 0 Å². The highest BCUT2D eigenvalue weighted by Gasteiger charge is 2.07. The van der Waals surface area contributed by atoms with E-state index in [2.05, 4.69) is 6.92 Å². The number of aliphatic hydroxyl groups excluding tert-OH is 1. The summed E-state index contributed by atoms with van der Waals surface area (Å²) in [5, 5.41) is 9.30. The molecular formula is C13H19FO2S. The highest BCUT2D eigenvalue weighted by molar-refractivity contribution is 7.99. The minimum absolute atomic E-state index is 0.260. The monoisotopic (exact) mass is 258 g/mol. The number of halogens is 1. The first kappa shape index (κ1) is 14.3. The molecule has 0 bridgehead atoms. The molecule has 2 nitrogen and oxygen atoms in total. The highest BCUT2D eigenvalue weighted by Crippen LogP contribution is 2.22. The summed E-state index contributed by atoms with van der Waals surface area (Å²) in [5.41, 5.74) is 0.566. The normalized spacial score (nSPS) is 12.5. The first-order chi connectivity index (χ1) is 8.15. The molecule has 0 aliphatic rings. The van der Waals surface area contributed by atoms with Crippen LogP contribution >= 0.6 is 11.8 Å². The van der Waals surface area contributed by atoms with Gasteiger partial charge >= 0.3 is 0 Å². The van der Waals surface area contributed by atoms with Gasteiger partial charge in [0.2, 0.25) is 0 Å². The van der Waals surface area contributed by atoms with Gasteiger partial charge in [-0.2, -0.15) is 11.8 Å². The Bertz CT molecular complexity index is 342. The van der Waals surface area contributed by atoms with E-state index in [1.807, 2.05) is 11.8 Å². The summed E-state index contributed by atoms with van der Waals surface area (Å²) < 4.78 is 18.9. The van der Waals surface area contributed by atoms with E-state index in [0.29, 0.717) is 12.2 Å². The van der Waals surface area contributed by atoms with Crippen molar-refractivity contribution in [1.29, 1.82) is 0 Å². The summed E-state index contributed by atoms with van der Waals surface area (Å²) in [6.45, 7) is 4.25. The fourth-order valence-corrected chi connectivity index (χ4v) is 1.99. The van der Waals surface area contributed by atoms with Gasteiger partial charge < -0.3 is 9.84 Å². The second-order valence-electron chi connectivity index (χ2n) is 3.76. The molecule has 0 spiro atoms. The maximum Gasteiger partial charge on any atom is 0.165 e. The number of aliphatic hydroxyl groups is 1. The van der Waals surface area contributed by atoms with E-state index in [1.165, 1.54) is 6.07 Å². The Labute approximate surface area is 106 Å². The molecule has 17 heavy (non-hydrogen) atoms. The van der Waals surface area contributed by atoms with Crippen molar-refractivity contribution < 1.29 is 14.2 Å². The van der Waals surface area contributed by atoms with E-state index in [-0.39, 0.29) is 5.75 Å².